The molecular formula is C20H26O2. The van der Waals surface area contributed by atoms with E-state index in [-0.39, 0.29) is 0 Å². The van der Waals surface area contributed by atoms with Gasteiger partial charge in [-0.25, -0.2) is 0 Å². The molecule has 0 aliphatic carbocycles. The number of hydrogen-bond acceptors (Lipinski definition) is 2. The van der Waals surface area contributed by atoms with Crippen LogP contribution in [0.4, 0.5) is 0 Å². The molecule has 0 heterocycles. The minimum absolute atomic E-state index is 0.331. The molecule has 0 aromatic heterocycles. The highest BCUT2D eigenvalue weighted by Gasteiger charge is 2.11. The van der Waals surface area contributed by atoms with Crippen molar-refractivity contribution in [3.05, 3.63) is 53.6 Å². The van der Waals surface area contributed by atoms with Crippen LogP contribution in [0.2, 0.25) is 0 Å². The van der Waals surface area contributed by atoms with E-state index in [9.17, 15) is 5.11 Å². The largest absolute Gasteiger partial charge is 0.508 e. The van der Waals surface area contributed by atoms with Gasteiger partial charge in [0.1, 0.15) is 17.2 Å². The summed E-state index contributed by atoms with van der Waals surface area (Å²) in [6.07, 6.45) is 6.34. The second kappa shape index (κ2) is 8.47. The fraction of sp³-hybridized carbons (Fsp3) is 0.400. The molecule has 2 nitrogen and oxygen atoms in total. The monoisotopic (exact) mass is 298 g/mol. The molecule has 2 heteroatoms. The Hall–Kier alpha value is -1.96. The first-order valence-electron chi connectivity index (χ1n) is 8.32. The number of aromatic hydroxyl groups is 1. The third-order valence-corrected chi connectivity index (χ3v) is 3.88. The highest BCUT2D eigenvalue weighted by atomic mass is 16.5. The number of para-hydroxylation sites is 1. The topological polar surface area (TPSA) is 29.5 Å². The van der Waals surface area contributed by atoms with Crippen LogP contribution in [0, 0.1) is 0 Å². The van der Waals surface area contributed by atoms with Gasteiger partial charge in [0, 0.05) is 5.56 Å². The lowest BCUT2D eigenvalue weighted by Crippen LogP contribution is -1.96. The summed E-state index contributed by atoms with van der Waals surface area (Å²) in [6, 6.07) is 13.7. The summed E-state index contributed by atoms with van der Waals surface area (Å²) in [5.41, 5.74) is 2.14. The maximum Gasteiger partial charge on any atom is 0.134 e. The molecule has 2 aromatic carbocycles. The maximum atomic E-state index is 10.1. The molecule has 0 bridgehead atoms. The van der Waals surface area contributed by atoms with Crippen LogP contribution in [0.5, 0.6) is 17.2 Å². The van der Waals surface area contributed by atoms with Crippen molar-refractivity contribution < 1.29 is 9.84 Å². The Morgan fingerprint density at radius 2 is 1.50 bits per heavy atom. The minimum Gasteiger partial charge on any atom is -0.508 e. The summed E-state index contributed by atoms with van der Waals surface area (Å²) in [7, 11) is 0. The normalized spacial score (nSPS) is 10.6. The van der Waals surface area contributed by atoms with Gasteiger partial charge < -0.3 is 9.84 Å². The molecule has 0 spiro atoms. The molecule has 0 unspecified atom stereocenters. The second-order valence-corrected chi connectivity index (χ2v) is 5.67. The highest BCUT2D eigenvalue weighted by Crippen LogP contribution is 2.34. The van der Waals surface area contributed by atoms with Crippen LogP contribution >= 0.6 is 0 Å². The van der Waals surface area contributed by atoms with Gasteiger partial charge in [-0.15, -0.1) is 0 Å². The van der Waals surface area contributed by atoms with E-state index in [1.165, 1.54) is 12.0 Å². The summed E-state index contributed by atoms with van der Waals surface area (Å²) in [6.45, 7) is 4.35. The number of ether oxygens (including phenoxy) is 1. The lowest BCUT2D eigenvalue weighted by molar-refractivity contribution is 0.439. The van der Waals surface area contributed by atoms with E-state index < -0.39 is 0 Å². The number of hydrogen-bond donors (Lipinski definition) is 1. The molecule has 1 N–H and O–H groups in total. The van der Waals surface area contributed by atoms with E-state index in [1.807, 2.05) is 24.3 Å². The van der Waals surface area contributed by atoms with Gasteiger partial charge in [0.05, 0.1) is 0 Å². The van der Waals surface area contributed by atoms with Crippen molar-refractivity contribution in [3.8, 4) is 17.2 Å². The Morgan fingerprint density at radius 3 is 2.27 bits per heavy atom. The average Bonchev–Trinajstić information content (AvgIpc) is 2.53. The summed E-state index contributed by atoms with van der Waals surface area (Å²) in [5, 5.41) is 10.1. The van der Waals surface area contributed by atoms with Crippen LogP contribution in [0.25, 0.3) is 0 Å². The Morgan fingerprint density at radius 1 is 0.818 bits per heavy atom. The average molecular weight is 298 g/mol. The van der Waals surface area contributed by atoms with Crippen LogP contribution in [-0.4, -0.2) is 5.11 Å². The molecule has 118 valence electrons. The fourth-order valence-corrected chi connectivity index (χ4v) is 2.55. The lowest BCUT2D eigenvalue weighted by atomic mass is 10.1. The molecule has 2 aromatic rings. The second-order valence-electron chi connectivity index (χ2n) is 5.67. The number of unbranched alkanes of at least 4 members (excludes halogenated alkanes) is 2. The van der Waals surface area contributed by atoms with Gasteiger partial charge in [-0.2, -0.15) is 0 Å². The van der Waals surface area contributed by atoms with Gasteiger partial charge in [-0.05, 0) is 49.4 Å². The number of benzene rings is 2. The molecule has 0 aliphatic rings. The summed E-state index contributed by atoms with van der Waals surface area (Å²) >= 11 is 0. The highest BCUT2D eigenvalue weighted by molar-refractivity contribution is 5.47. The molecule has 0 atom stereocenters. The number of aryl methyl sites for hydroxylation is 1. The minimum atomic E-state index is 0.331. The zero-order valence-electron chi connectivity index (χ0n) is 13.6. The zero-order chi connectivity index (χ0) is 15.8. The first-order valence-corrected chi connectivity index (χ1v) is 8.32. The van der Waals surface area contributed by atoms with Crippen LogP contribution in [0.3, 0.4) is 0 Å². The lowest BCUT2D eigenvalue weighted by Gasteiger charge is -2.15. The van der Waals surface area contributed by atoms with Crippen molar-refractivity contribution in [2.75, 3.05) is 0 Å². The molecule has 22 heavy (non-hydrogen) atoms. The van der Waals surface area contributed by atoms with Crippen LogP contribution in [-0.2, 0) is 12.8 Å². The number of phenols is 1. The summed E-state index contributed by atoms with van der Waals surface area (Å²) < 4.78 is 6.16. The third kappa shape index (κ3) is 4.27. The van der Waals surface area contributed by atoms with Crippen molar-refractivity contribution in [2.24, 2.45) is 0 Å². The SMILES string of the molecule is CCCCc1ccccc1Oc1cccc(O)c1CCCC. The van der Waals surface area contributed by atoms with Crippen LogP contribution < -0.4 is 4.74 Å². The smallest absolute Gasteiger partial charge is 0.134 e. The Bertz CT molecular complexity index is 590. The van der Waals surface area contributed by atoms with E-state index in [0.29, 0.717) is 5.75 Å². The molecule has 0 aliphatic heterocycles. The first-order chi connectivity index (χ1) is 10.8. The summed E-state index contributed by atoms with van der Waals surface area (Å²) in [4.78, 5) is 0. The van der Waals surface area contributed by atoms with Crippen molar-refractivity contribution in [1.29, 1.82) is 0 Å². The Kier molecular flexibility index (Phi) is 6.32. The number of rotatable bonds is 8. The predicted molar refractivity (Wildman–Crippen MR) is 91.8 cm³/mol. The third-order valence-electron chi connectivity index (χ3n) is 3.88. The van der Waals surface area contributed by atoms with Gasteiger partial charge in [0.25, 0.3) is 0 Å². The molecule has 0 radical (unpaired) electrons. The van der Waals surface area contributed by atoms with Crippen molar-refractivity contribution >= 4 is 0 Å². The quantitative estimate of drug-likeness (QED) is 0.660. The van der Waals surface area contributed by atoms with Crippen molar-refractivity contribution in [2.45, 2.75) is 52.4 Å². The molecule has 0 saturated heterocycles. The first kappa shape index (κ1) is 16.4. The molecule has 0 saturated carbocycles. The van der Waals surface area contributed by atoms with Crippen molar-refractivity contribution in [1.82, 2.24) is 0 Å². The molecule has 0 amide bonds. The fourth-order valence-electron chi connectivity index (χ4n) is 2.55. The Balaban J connectivity index is 2.25. The maximum absolute atomic E-state index is 10.1. The van der Waals surface area contributed by atoms with E-state index in [4.69, 9.17) is 4.74 Å². The van der Waals surface area contributed by atoms with Crippen LogP contribution in [0.15, 0.2) is 42.5 Å². The van der Waals surface area contributed by atoms with Gasteiger partial charge >= 0.3 is 0 Å². The van der Waals surface area contributed by atoms with Gasteiger partial charge in [0.15, 0.2) is 0 Å². The predicted octanol–water partition coefficient (Wildman–Crippen LogP) is 5.87. The van der Waals surface area contributed by atoms with Gasteiger partial charge in [0.2, 0.25) is 0 Å². The van der Waals surface area contributed by atoms with Crippen LogP contribution in [0.1, 0.15) is 50.7 Å². The van der Waals surface area contributed by atoms with E-state index >= 15 is 0 Å². The van der Waals surface area contributed by atoms with Gasteiger partial charge in [-0.1, -0.05) is 51.0 Å². The molecule has 0 fully saturated rings. The molecular weight excluding hydrogens is 272 g/mol. The molecule has 2 rings (SSSR count). The van der Waals surface area contributed by atoms with E-state index in [0.717, 1.165) is 49.2 Å². The van der Waals surface area contributed by atoms with E-state index in [2.05, 4.69) is 26.0 Å². The summed E-state index contributed by atoms with van der Waals surface area (Å²) in [5.74, 6) is 2.01. The van der Waals surface area contributed by atoms with E-state index in [1.54, 1.807) is 6.07 Å². The number of phenolic OH excluding ortho intramolecular Hbond substituents is 1. The zero-order valence-corrected chi connectivity index (χ0v) is 13.6. The van der Waals surface area contributed by atoms with Gasteiger partial charge in [-0.3, -0.25) is 0 Å². The Labute approximate surface area is 133 Å². The van der Waals surface area contributed by atoms with Crippen molar-refractivity contribution in [3.63, 3.8) is 0 Å². The standard InChI is InChI=1S/C20H26O2/c1-3-5-10-16-11-7-8-14-19(16)22-20-15-9-13-18(21)17(20)12-6-4-2/h7-9,11,13-15,21H,3-6,10,12H2,1-2H3.